The minimum Gasteiger partial charge on any atom is -0.402 e. The number of nitrogens with two attached hydrogens (primary N) is 2. The molecule has 0 amide bonds. The van der Waals surface area contributed by atoms with Gasteiger partial charge in [0.2, 0.25) is 0 Å². The van der Waals surface area contributed by atoms with Crippen molar-refractivity contribution in [2.24, 2.45) is 23.3 Å². The van der Waals surface area contributed by atoms with Gasteiger partial charge in [-0.15, -0.1) is 0 Å². The minimum absolute atomic E-state index is 0.0577. The predicted octanol–water partition coefficient (Wildman–Crippen LogP) is 1.54. The summed E-state index contributed by atoms with van der Waals surface area (Å²) in [6.07, 6.45) is 2.16. The Kier molecular flexibility index (Phi) is 4.02. The second-order valence-electron chi connectivity index (χ2n) is 5.59. The molecule has 16 heavy (non-hydrogen) atoms. The van der Waals surface area contributed by atoms with E-state index in [1.165, 1.54) is 0 Å². The van der Waals surface area contributed by atoms with E-state index >= 15 is 0 Å². The van der Waals surface area contributed by atoms with E-state index in [-0.39, 0.29) is 5.54 Å². The number of likely N-dealkylation sites (N-methyl/N-ethyl adjacent to an activating group) is 1. The quantitative estimate of drug-likeness (QED) is 0.763. The molecule has 0 radical (unpaired) electrons. The van der Waals surface area contributed by atoms with Crippen LogP contribution in [0.4, 0.5) is 0 Å². The number of likely N-dealkylation sites (tertiary alicyclic amines) is 1. The van der Waals surface area contributed by atoms with Crippen molar-refractivity contribution < 1.29 is 0 Å². The SMILES string of the molecule is C=C(N)C(C)C1CC(N)(C(C)CC)CN1C. The third-order valence-electron chi connectivity index (χ3n) is 4.45. The Balaban J connectivity index is 2.77. The lowest BCUT2D eigenvalue weighted by molar-refractivity contribution is 0.250. The highest BCUT2D eigenvalue weighted by Crippen LogP contribution is 2.35. The first-order valence-corrected chi connectivity index (χ1v) is 6.25. The van der Waals surface area contributed by atoms with E-state index in [0.717, 1.165) is 25.1 Å². The fraction of sp³-hybridized carbons (Fsp3) is 0.846. The minimum atomic E-state index is -0.0577. The van der Waals surface area contributed by atoms with Crippen LogP contribution in [0, 0.1) is 11.8 Å². The van der Waals surface area contributed by atoms with Gasteiger partial charge in [0.1, 0.15) is 0 Å². The average Bonchev–Trinajstić information content (AvgIpc) is 2.53. The number of rotatable bonds is 4. The van der Waals surface area contributed by atoms with Gasteiger partial charge in [0.05, 0.1) is 0 Å². The van der Waals surface area contributed by atoms with Crippen molar-refractivity contribution in [3.63, 3.8) is 0 Å². The Morgan fingerprint density at radius 1 is 1.56 bits per heavy atom. The second kappa shape index (κ2) is 4.76. The Hall–Kier alpha value is -0.540. The van der Waals surface area contributed by atoms with E-state index in [2.05, 4.69) is 39.3 Å². The summed E-state index contributed by atoms with van der Waals surface area (Å²) < 4.78 is 0. The Labute approximate surface area is 99.9 Å². The van der Waals surface area contributed by atoms with Gasteiger partial charge in [-0.2, -0.15) is 0 Å². The lowest BCUT2D eigenvalue weighted by Gasteiger charge is -2.30. The van der Waals surface area contributed by atoms with Crippen LogP contribution in [0.2, 0.25) is 0 Å². The molecule has 0 spiro atoms. The van der Waals surface area contributed by atoms with Crippen LogP contribution in [-0.2, 0) is 0 Å². The molecule has 4 unspecified atom stereocenters. The summed E-state index contributed by atoms with van der Waals surface area (Å²) in [6, 6.07) is 0.441. The molecule has 0 aromatic rings. The highest BCUT2D eigenvalue weighted by molar-refractivity contribution is 5.08. The van der Waals surface area contributed by atoms with E-state index in [1.54, 1.807) is 0 Å². The van der Waals surface area contributed by atoms with Gasteiger partial charge in [-0.25, -0.2) is 0 Å². The van der Waals surface area contributed by atoms with Crippen molar-refractivity contribution in [2.75, 3.05) is 13.6 Å². The number of nitrogens with zero attached hydrogens (tertiary/aromatic N) is 1. The number of hydrogen-bond donors (Lipinski definition) is 2. The zero-order chi connectivity index (χ0) is 12.5. The maximum absolute atomic E-state index is 6.52. The lowest BCUT2D eigenvalue weighted by atomic mass is 9.80. The molecule has 1 rings (SSSR count). The number of hydrogen-bond acceptors (Lipinski definition) is 3. The summed E-state index contributed by atoms with van der Waals surface area (Å²) in [5.41, 5.74) is 13.0. The Bertz CT molecular complexity index is 264. The van der Waals surface area contributed by atoms with Gasteiger partial charge in [0.15, 0.2) is 0 Å². The predicted molar refractivity (Wildman–Crippen MR) is 69.9 cm³/mol. The maximum atomic E-state index is 6.52. The first-order chi connectivity index (χ1) is 7.31. The molecule has 0 aromatic heterocycles. The Morgan fingerprint density at radius 3 is 2.56 bits per heavy atom. The molecule has 1 saturated heterocycles. The molecular formula is C13H27N3. The van der Waals surface area contributed by atoms with E-state index in [0.29, 0.717) is 17.9 Å². The van der Waals surface area contributed by atoms with Crippen LogP contribution in [0.1, 0.15) is 33.6 Å². The zero-order valence-electron chi connectivity index (χ0n) is 11.2. The third kappa shape index (κ3) is 2.41. The molecule has 1 heterocycles. The molecule has 3 nitrogen and oxygen atoms in total. The van der Waals surface area contributed by atoms with Crippen LogP contribution < -0.4 is 11.5 Å². The highest BCUT2D eigenvalue weighted by atomic mass is 15.2. The molecule has 0 aliphatic carbocycles. The molecule has 1 aliphatic rings. The van der Waals surface area contributed by atoms with Crippen molar-refractivity contribution in [1.82, 2.24) is 4.90 Å². The average molecular weight is 225 g/mol. The van der Waals surface area contributed by atoms with Crippen molar-refractivity contribution in [3.8, 4) is 0 Å². The van der Waals surface area contributed by atoms with Gasteiger partial charge in [-0.3, -0.25) is 0 Å². The first kappa shape index (κ1) is 13.5. The molecule has 4 atom stereocenters. The third-order valence-corrected chi connectivity index (χ3v) is 4.45. The molecule has 1 aliphatic heterocycles. The largest absolute Gasteiger partial charge is 0.402 e. The van der Waals surface area contributed by atoms with Crippen LogP contribution in [0.15, 0.2) is 12.3 Å². The molecule has 0 saturated carbocycles. The normalized spacial score (nSPS) is 34.9. The molecule has 94 valence electrons. The summed E-state index contributed by atoms with van der Waals surface area (Å²) in [5, 5.41) is 0. The summed E-state index contributed by atoms with van der Waals surface area (Å²) >= 11 is 0. The van der Waals surface area contributed by atoms with E-state index < -0.39 is 0 Å². The summed E-state index contributed by atoms with van der Waals surface area (Å²) in [5.74, 6) is 0.873. The summed E-state index contributed by atoms with van der Waals surface area (Å²) in [6.45, 7) is 11.4. The van der Waals surface area contributed by atoms with Gasteiger partial charge < -0.3 is 16.4 Å². The molecule has 0 bridgehead atoms. The van der Waals surface area contributed by atoms with Crippen LogP contribution in [0.25, 0.3) is 0 Å². The summed E-state index contributed by atoms with van der Waals surface area (Å²) in [4.78, 5) is 2.34. The maximum Gasteiger partial charge on any atom is 0.0324 e. The van der Waals surface area contributed by atoms with Crippen LogP contribution in [0.3, 0.4) is 0 Å². The van der Waals surface area contributed by atoms with E-state index in [9.17, 15) is 0 Å². The fourth-order valence-corrected chi connectivity index (χ4v) is 2.76. The highest BCUT2D eigenvalue weighted by Gasteiger charge is 2.44. The topological polar surface area (TPSA) is 55.3 Å². The van der Waals surface area contributed by atoms with Crippen LogP contribution in [0.5, 0.6) is 0 Å². The smallest absolute Gasteiger partial charge is 0.0324 e. The molecule has 4 N–H and O–H groups in total. The van der Waals surface area contributed by atoms with Gasteiger partial charge in [0.25, 0.3) is 0 Å². The van der Waals surface area contributed by atoms with Gasteiger partial charge in [-0.05, 0) is 19.4 Å². The van der Waals surface area contributed by atoms with E-state index in [1.807, 2.05) is 0 Å². The van der Waals surface area contributed by atoms with Gasteiger partial charge in [-0.1, -0.05) is 33.8 Å². The van der Waals surface area contributed by atoms with Crippen molar-refractivity contribution in [1.29, 1.82) is 0 Å². The Morgan fingerprint density at radius 2 is 2.12 bits per heavy atom. The second-order valence-corrected chi connectivity index (χ2v) is 5.59. The summed E-state index contributed by atoms with van der Waals surface area (Å²) in [7, 11) is 2.14. The van der Waals surface area contributed by atoms with Gasteiger partial charge >= 0.3 is 0 Å². The standard InChI is InChI=1S/C13H27N3/c1-6-9(2)13(15)7-12(16(5)8-13)10(3)11(4)14/h9-10,12H,4,6-8,14-15H2,1-3,5H3. The molecule has 3 heteroatoms. The van der Waals surface area contributed by atoms with Crippen LogP contribution in [-0.4, -0.2) is 30.1 Å². The molecular weight excluding hydrogens is 198 g/mol. The van der Waals surface area contributed by atoms with E-state index in [4.69, 9.17) is 11.5 Å². The van der Waals surface area contributed by atoms with Crippen LogP contribution >= 0.6 is 0 Å². The fourth-order valence-electron chi connectivity index (χ4n) is 2.76. The zero-order valence-corrected chi connectivity index (χ0v) is 11.2. The lowest BCUT2D eigenvalue weighted by Crippen LogP contribution is -2.47. The van der Waals surface area contributed by atoms with Crippen molar-refractivity contribution in [2.45, 2.75) is 45.2 Å². The van der Waals surface area contributed by atoms with Crippen molar-refractivity contribution in [3.05, 3.63) is 12.3 Å². The van der Waals surface area contributed by atoms with Gasteiger partial charge in [0, 0.05) is 29.7 Å². The monoisotopic (exact) mass is 225 g/mol. The molecule has 1 fully saturated rings. The molecule has 0 aromatic carbocycles. The van der Waals surface area contributed by atoms with Crippen molar-refractivity contribution >= 4 is 0 Å². The first-order valence-electron chi connectivity index (χ1n) is 6.25.